The smallest absolute Gasteiger partial charge is 0.434 e. The number of nitrogens with zero attached hydrogens (tertiary/aromatic N) is 3. The number of aromatic carboxylic acids is 1. The zero-order chi connectivity index (χ0) is 29.2. The summed E-state index contributed by atoms with van der Waals surface area (Å²) in [4.78, 5) is 19.6. The molecular weight excluding hydrogens is 549 g/mol. The minimum absolute atomic E-state index is 0.0978. The molecule has 11 heteroatoms. The number of allylic oxidation sites excluding steroid dienone is 2. The normalized spacial score (nSPS) is 18.4. The number of piperidine rings is 1. The molecular formula is C31H27F3N4O4. The van der Waals surface area contributed by atoms with Crippen molar-refractivity contribution in [3.8, 4) is 17.0 Å². The van der Waals surface area contributed by atoms with E-state index >= 15 is 0 Å². The Morgan fingerprint density at radius 1 is 1.17 bits per heavy atom. The lowest BCUT2D eigenvalue weighted by Gasteiger charge is -2.49. The van der Waals surface area contributed by atoms with Crippen molar-refractivity contribution < 1.29 is 32.3 Å². The SMILES string of the molecule is COc1cc(C(=O)O)nc2ccc(C3=C(c4c(-c5cccnc5C(F)(F)F)noc4C4CC4)CC34CCNCC4)cc12. The van der Waals surface area contributed by atoms with Crippen molar-refractivity contribution >= 4 is 28.0 Å². The summed E-state index contributed by atoms with van der Waals surface area (Å²) < 4.78 is 53.6. The molecule has 0 amide bonds. The van der Waals surface area contributed by atoms with E-state index in [9.17, 15) is 23.1 Å². The molecule has 2 aliphatic carbocycles. The molecule has 0 bridgehead atoms. The second-order valence-corrected chi connectivity index (χ2v) is 11.2. The van der Waals surface area contributed by atoms with Gasteiger partial charge in [0.1, 0.15) is 17.2 Å². The molecule has 216 valence electrons. The van der Waals surface area contributed by atoms with Crippen LogP contribution in [0.3, 0.4) is 0 Å². The van der Waals surface area contributed by atoms with Gasteiger partial charge in [-0.2, -0.15) is 13.2 Å². The first-order valence-electron chi connectivity index (χ1n) is 13.9. The maximum atomic E-state index is 14.1. The van der Waals surface area contributed by atoms with Crippen molar-refractivity contribution in [3.05, 3.63) is 70.9 Å². The third-order valence-corrected chi connectivity index (χ3v) is 8.71. The van der Waals surface area contributed by atoms with Crippen molar-refractivity contribution in [1.29, 1.82) is 0 Å². The van der Waals surface area contributed by atoms with Crippen molar-refractivity contribution in [3.63, 3.8) is 0 Å². The molecule has 4 heterocycles. The molecule has 0 unspecified atom stereocenters. The predicted octanol–water partition coefficient (Wildman–Crippen LogP) is 6.57. The predicted molar refractivity (Wildman–Crippen MR) is 148 cm³/mol. The fourth-order valence-corrected chi connectivity index (χ4v) is 6.61. The number of hydrogen-bond donors (Lipinski definition) is 2. The molecule has 2 N–H and O–H groups in total. The highest BCUT2D eigenvalue weighted by atomic mass is 19.4. The number of hydrogen-bond acceptors (Lipinski definition) is 7. The summed E-state index contributed by atoms with van der Waals surface area (Å²) in [6.07, 6.45) is 0.695. The number of pyridine rings is 2. The van der Waals surface area contributed by atoms with E-state index in [0.29, 0.717) is 34.4 Å². The minimum atomic E-state index is -4.66. The van der Waals surface area contributed by atoms with Gasteiger partial charge in [-0.1, -0.05) is 11.2 Å². The number of alkyl halides is 3. The fraction of sp³-hybridized carbons (Fsp3) is 0.355. The van der Waals surface area contributed by atoms with E-state index in [0.717, 1.165) is 61.7 Å². The minimum Gasteiger partial charge on any atom is -0.496 e. The Labute approximate surface area is 238 Å². The summed E-state index contributed by atoms with van der Waals surface area (Å²) in [5, 5.41) is 17.8. The maximum Gasteiger partial charge on any atom is 0.434 e. The van der Waals surface area contributed by atoms with Crippen molar-refractivity contribution in [2.45, 2.75) is 44.2 Å². The van der Waals surface area contributed by atoms with Gasteiger partial charge >= 0.3 is 12.1 Å². The molecule has 0 radical (unpaired) electrons. The van der Waals surface area contributed by atoms with Gasteiger partial charge < -0.3 is 19.7 Å². The van der Waals surface area contributed by atoms with Gasteiger partial charge in [-0.15, -0.1) is 0 Å². The Morgan fingerprint density at radius 3 is 2.64 bits per heavy atom. The number of methoxy groups -OCH3 is 1. The highest BCUT2D eigenvalue weighted by Gasteiger charge is 2.49. The third-order valence-electron chi connectivity index (χ3n) is 8.71. The highest BCUT2D eigenvalue weighted by Crippen LogP contribution is 2.63. The highest BCUT2D eigenvalue weighted by molar-refractivity contribution is 6.05. The molecule has 1 saturated carbocycles. The van der Waals surface area contributed by atoms with Crippen LogP contribution in [0.4, 0.5) is 13.2 Å². The van der Waals surface area contributed by atoms with Crippen LogP contribution in [-0.4, -0.2) is 46.4 Å². The van der Waals surface area contributed by atoms with Crippen molar-refractivity contribution in [1.82, 2.24) is 20.4 Å². The number of carbonyl (C=O) groups is 1. The summed E-state index contributed by atoms with van der Waals surface area (Å²) in [5.74, 6) is -0.0296. The first-order valence-corrected chi connectivity index (χ1v) is 13.9. The van der Waals surface area contributed by atoms with Crippen LogP contribution in [0.1, 0.15) is 71.1 Å². The Balaban J connectivity index is 1.47. The van der Waals surface area contributed by atoms with Crippen LogP contribution in [0, 0.1) is 5.41 Å². The van der Waals surface area contributed by atoms with Gasteiger partial charge in [-0.25, -0.2) is 9.78 Å². The molecule has 1 saturated heterocycles. The molecule has 8 nitrogen and oxygen atoms in total. The standard InChI is InChI=1S/C31H27F3N4O4/c1-41-23-14-22(29(39)40)37-21-7-6-17(13-19(21)23)25-20(15-30(25)8-11-35-12-9-30)24-26(38-42-27(24)16-4-5-16)18-3-2-10-36-28(18)31(32,33)34/h2-3,6-7,10,13-14,16,35H,4-5,8-9,11-12,15H2,1H3,(H,39,40). The molecule has 3 aromatic heterocycles. The topological polar surface area (TPSA) is 110 Å². The van der Waals surface area contributed by atoms with E-state index in [4.69, 9.17) is 9.26 Å². The largest absolute Gasteiger partial charge is 0.496 e. The fourth-order valence-electron chi connectivity index (χ4n) is 6.61. The number of halogens is 3. The number of benzene rings is 1. The summed E-state index contributed by atoms with van der Waals surface area (Å²) in [5.41, 5.74) is 2.78. The maximum absolute atomic E-state index is 14.1. The Morgan fingerprint density at radius 2 is 1.95 bits per heavy atom. The third kappa shape index (κ3) is 4.25. The lowest BCUT2D eigenvalue weighted by atomic mass is 9.56. The van der Waals surface area contributed by atoms with Crippen LogP contribution >= 0.6 is 0 Å². The van der Waals surface area contributed by atoms with Crippen LogP contribution in [0.25, 0.3) is 33.3 Å². The number of nitrogens with one attached hydrogen (secondary N) is 1. The molecule has 3 aliphatic rings. The second-order valence-electron chi connectivity index (χ2n) is 11.2. The van der Waals surface area contributed by atoms with Gasteiger partial charge in [0.05, 0.1) is 12.6 Å². The quantitative estimate of drug-likeness (QED) is 0.265. The van der Waals surface area contributed by atoms with E-state index in [-0.39, 0.29) is 28.3 Å². The molecule has 4 aromatic rings. The molecule has 1 spiro atoms. The summed E-state index contributed by atoms with van der Waals surface area (Å²) in [7, 11) is 1.48. The molecule has 7 rings (SSSR count). The first-order chi connectivity index (χ1) is 20.2. The van der Waals surface area contributed by atoms with E-state index in [1.54, 1.807) is 6.07 Å². The summed E-state index contributed by atoms with van der Waals surface area (Å²) in [6, 6.07) is 9.91. The molecule has 0 atom stereocenters. The molecule has 1 aromatic carbocycles. The zero-order valence-electron chi connectivity index (χ0n) is 22.7. The summed E-state index contributed by atoms with van der Waals surface area (Å²) in [6.45, 7) is 1.65. The number of carboxylic acid groups (broad SMARTS) is 1. The molecule has 2 fully saturated rings. The molecule has 42 heavy (non-hydrogen) atoms. The van der Waals surface area contributed by atoms with Crippen LogP contribution in [0.5, 0.6) is 5.75 Å². The average Bonchev–Trinajstić information content (AvgIpc) is 3.73. The van der Waals surface area contributed by atoms with Gasteiger partial charge in [-0.05, 0) is 86.2 Å². The second kappa shape index (κ2) is 9.65. The van der Waals surface area contributed by atoms with Crippen molar-refractivity contribution in [2.75, 3.05) is 20.2 Å². The summed E-state index contributed by atoms with van der Waals surface area (Å²) >= 11 is 0. The lowest BCUT2D eigenvalue weighted by molar-refractivity contribution is -0.140. The lowest BCUT2D eigenvalue weighted by Crippen LogP contribution is -2.42. The van der Waals surface area contributed by atoms with Gasteiger partial charge in [0.15, 0.2) is 11.4 Å². The number of carboxylic acids is 1. The zero-order valence-corrected chi connectivity index (χ0v) is 22.7. The molecule has 1 aliphatic heterocycles. The van der Waals surface area contributed by atoms with Gasteiger partial charge in [0, 0.05) is 40.1 Å². The number of ether oxygens (including phenoxy) is 1. The van der Waals surface area contributed by atoms with Gasteiger partial charge in [0.2, 0.25) is 0 Å². The van der Waals surface area contributed by atoms with E-state index in [1.165, 1.54) is 25.3 Å². The van der Waals surface area contributed by atoms with Gasteiger partial charge in [0.25, 0.3) is 0 Å². The van der Waals surface area contributed by atoms with Crippen LogP contribution < -0.4 is 10.1 Å². The van der Waals surface area contributed by atoms with E-state index < -0.39 is 17.8 Å². The van der Waals surface area contributed by atoms with Crippen molar-refractivity contribution in [2.24, 2.45) is 5.41 Å². The van der Waals surface area contributed by atoms with Gasteiger partial charge in [-0.3, -0.25) is 4.98 Å². The Hall–Kier alpha value is -4.25. The van der Waals surface area contributed by atoms with E-state index in [1.807, 2.05) is 12.1 Å². The number of fused-ring (bicyclic) bond motifs is 1. The average molecular weight is 577 g/mol. The Kier molecular flexibility index (Phi) is 6.12. The number of aromatic nitrogens is 3. The van der Waals surface area contributed by atoms with Crippen LogP contribution in [0.15, 0.2) is 47.1 Å². The first kappa shape index (κ1) is 26.6. The van der Waals surface area contributed by atoms with E-state index in [2.05, 4.69) is 20.4 Å². The number of rotatable bonds is 6. The Bertz CT molecular complexity index is 1770. The monoisotopic (exact) mass is 576 g/mol. The van der Waals surface area contributed by atoms with Crippen LogP contribution in [0.2, 0.25) is 0 Å². The van der Waals surface area contributed by atoms with Crippen LogP contribution in [-0.2, 0) is 6.18 Å².